The number of nitrogens with two attached hydrogens (primary N) is 1. The normalized spacial score (nSPS) is 11.7. The van der Waals surface area contributed by atoms with Gasteiger partial charge in [-0.3, -0.25) is 0 Å². The molecule has 0 fully saturated rings. The maximum absolute atomic E-state index is 13.2. The summed E-state index contributed by atoms with van der Waals surface area (Å²) < 4.78 is 26.3. The van der Waals surface area contributed by atoms with E-state index in [0.717, 1.165) is 0 Å². The Hall–Kier alpha value is -0.670. The van der Waals surface area contributed by atoms with Crippen LogP contribution < -0.4 is 5.73 Å². The Balaban J connectivity index is 2.87. The molecule has 0 amide bonds. The Labute approximate surface area is 80.5 Å². The number of hydrogen-bond donors (Lipinski definition) is 1. The van der Waals surface area contributed by atoms with E-state index in [-0.39, 0.29) is 18.5 Å². The van der Waals surface area contributed by atoms with Crippen LogP contribution in [0.3, 0.4) is 0 Å². The van der Waals surface area contributed by atoms with Gasteiger partial charge in [0.15, 0.2) is 0 Å². The summed E-state index contributed by atoms with van der Waals surface area (Å²) in [7, 11) is 0. The monoisotopic (exact) mass is 205 g/mol. The molecule has 0 saturated carbocycles. The molecule has 1 rings (SSSR count). The van der Waals surface area contributed by atoms with Gasteiger partial charge in [-0.05, 0) is 18.7 Å². The van der Waals surface area contributed by atoms with Gasteiger partial charge in [-0.1, -0.05) is 23.7 Å². The van der Waals surface area contributed by atoms with Gasteiger partial charge in [-0.25, -0.2) is 8.78 Å². The molecule has 0 atom stereocenters. The molecule has 0 radical (unpaired) electrons. The van der Waals surface area contributed by atoms with Crippen molar-refractivity contribution >= 4 is 11.6 Å². The van der Waals surface area contributed by atoms with E-state index >= 15 is 0 Å². The first-order chi connectivity index (χ1) is 6.06. The van der Waals surface area contributed by atoms with Crippen molar-refractivity contribution < 1.29 is 8.78 Å². The molecule has 0 aliphatic rings. The van der Waals surface area contributed by atoms with Gasteiger partial charge in [0.2, 0.25) is 0 Å². The number of halogens is 3. The molecule has 1 aromatic carbocycles. The summed E-state index contributed by atoms with van der Waals surface area (Å²) in [4.78, 5) is 0. The van der Waals surface area contributed by atoms with Crippen molar-refractivity contribution in [1.29, 1.82) is 0 Å². The first kappa shape index (κ1) is 10.4. The molecule has 2 N–H and O–H groups in total. The fourth-order valence-corrected chi connectivity index (χ4v) is 1.15. The van der Waals surface area contributed by atoms with Crippen LogP contribution in [0.4, 0.5) is 8.78 Å². The van der Waals surface area contributed by atoms with E-state index < -0.39 is 5.92 Å². The summed E-state index contributed by atoms with van der Waals surface area (Å²) in [6.07, 6.45) is -0.339. The highest BCUT2D eigenvalue weighted by Gasteiger charge is 2.29. The highest BCUT2D eigenvalue weighted by atomic mass is 35.5. The molecule has 0 bridgehead atoms. The van der Waals surface area contributed by atoms with Crippen molar-refractivity contribution in [3.8, 4) is 0 Å². The third-order valence-electron chi connectivity index (χ3n) is 1.72. The Morgan fingerprint density at radius 3 is 2.23 bits per heavy atom. The average molecular weight is 206 g/mol. The van der Waals surface area contributed by atoms with Gasteiger partial charge in [-0.2, -0.15) is 0 Å². The maximum atomic E-state index is 13.2. The first-order valence-electron chi connectivity index (χ1n) is 3.90. The summed E-state index contributed by atoms with van der Waals surface area (Å²) in [5.41, 5.74) is 5.04. The molecule has 0 aliphatic heterocycles. The lowest BCUT2D eigenvalue weighted by molar-refractivity contribution is -0.0107. The van der Waals surface area contributed by atoms with E-state index in [1.165, 1.54) is 24.3 Å². The van der Waals surface area contributed by atoms with Crippen molar-refractivity contribution in [2.24, 2.45) is 5.73 Å². The van der Waals surface area contributed by atoms with E-state index in [9.17, 15) is 8.78 Å². The molecule has 13 heavy (non-hydrogen) atoms. The minimum Gasteiger partial charge on any atom is -0.330 e. The van der Waals surface area contributed by atoms with Gasteiger partial charge in [0.1, 0.15) is 0 Å². The Bertz CT molecular complexity index is 271. The number of rotatable bonds is 3. The zero-order valence-electron chi connectivity index (χ0n) is 6.93. The minimum atomic E-state index is -2.85. The van der Waals surface area contributed by atoms with Crippen molar-refractivity contribution in [3.63, 3.8) is 0 Å². The van der Waals surface area contributed by atoms with Crippen molar-refractivity contribution in [2.75, 3.05) is 6.54 Å². The molecular weight excluding hydrogens is 196 g/mol. The van der Waals surface area contributed by atoms with Crippen LogP contribution in [0.25, 0.3) is 0 Å². The molecular formula is C9H10ClF2N. The van der Waals surface area contributed by atoms with E-state index in [0.29, 0.717) is 5.02 Å². The molecule has 72 valence electrons. The predicted molar refractivity (Wildman–Crippen MR) is 49.0 cm³/mol. The van der Waals surface area contributed by atoms with Crippen LogP contribution in [-0.2, 0) is 5.92 Å². The van der Waals surface area contributed by atoms with E-state index in [1.54, 1.807) is 0 Å². The smallest absolute Gasteiger partial charge is 0.274 e. The number of hydrogen-bond acceptors (Lipinski definition) is 1. The maximum Gasteiger partial charge on any atom is 0.274 e. The zero-order chi connectivity index (χ0) is 9.90. The molecule has 0 saturated heterocycles. The van der Waals surface area contributed by atoms with Gasteiger partial charge < -0.3 is 5.73 Å². The van der Waals surface area contributed by atoms with Crippen LogP contribution in [0.2, 0.25) is 5.02 Å². The van der Waals surface area contributed by atoms with Crippen molar-refractivity contribution in [3.05, 3.63) is 34.9 Å². The molecule has 1 nitrogen and oxygen atoms in total. The zero-order valence-corrected chi connectivity index (χ0v) is 7.69. The highest BCUT2D eigenvalue weighted by molar-refractivity contribution is 6.30. The topological polar surface area (TPSA) is 26.0 Å². The summed E-state index contributed by atoms with van der Waals surface area (Å²) in [6.45, 7) is -0.0321. The lowest BCUT2D eigenvalue weighted by Gasteiger charge is -2.15. The van der Waals surface area contributed by atoms with Crippen molar-refractivity contribution in [1.82, 2.24) is 0 Å². The Kier molecular flexibility index (Phi) is 3.22. The first-order valence-corrected chi connectivity index (χ1v) is 4.28. The van der Waals surface area contributed by atoms with Gasteiger partial charge in [-0.15, -0.1) is 0 Å². The predicted octanol–water partition coefficient (Wildman–Crippen LogP) is 2.78. The summed E-state index contributed by atoms with van der Waals surface area (Å²) in [6, 6.07) is 5.53. The molecule has 0 aromatic heterocycles. The largest absolute Gasteiger partial charge is 0.330 e. The summed E-state index contributed by atoms with van der Waals surface area (Å²) >= 11 is 5.57. The Morgan fingerprint density at radius 1 is 1.23 bits per heavy atom. The third-order valence-corrected chi connectivity index (χ3v) is 1.98. The Morgan fingerprint density at radius 2 is 1.77 bits per heavy atom. The van der Waals surface area contributed by atoms with Crippen LogP contribution in [-0.4, -0.2) is 6.54 Å². The van der Waals surface area contributed by atoms with E-state index in [1.807, 2.05) is 0 Å². The molecule has 1 aromatic rings. The second-order valence-corrected chi connectivity index (χ2v) is 3.19. The molecule has 4 heteroatoms. The van der Waals surface area contributed by atoms with Crippen LogP contribution in [0.15, 0.2) is 24.3 Å². The second-order valence-electron chi connectivity index (χ2n) is 2.75. The van der Waals surface area contributed by atoms with E-state index in [2.05, 4.69) is 0 Å². The molecule has 0 heterocycles. The second kappa shape index (κ2) is 4.03. The molecule has 0 unspecified atom stereocenters. The van der Waals surface area contributed by atoms with Gasteiger partial charge >= 0.3 is 0 Å². The molecule has 0 spiro atoms. The lowest BCUT2D eigenvalue weighted by Crippen LogP contribution is -2.18. The quantitative estimate of drug-likeness (QED) is 0.807. The minimum absolute atomic E-state index is 0.0321. The van der Waals surface area contributed by atoms with E-state index in [4.69, 9.17) is 17.3 Å². The standard InChI is InChI=1S/C9H10ClF2N/c10-8-3-1-7(2-4-8)9(11,12)5-6-13/h1-4H,5-6,13H2. The van der Waals surface area contributed by atoms with Crippen LogP contribution in [0.5, 0.6) is 0 Å². The summed E-state index contributed by atoms with van der Waals surface area (Å²) in [5, 5.41) is 0.451. The van der Waals surface area contributed by atoms with Crippen LogP contribution >= 0.6 is 11.6 Å². The van der Waals surface area contributed by atoms with Crippen LogP contribution in [0.1, 0.15) is 12.0 Å². The van der Waals surface area contributed by atoms with Crippen molar-refractivity contribution in [2.45, 2.75) is 12.3 Å². The fraction of sp³-hybridized carbons (Fsp3) is 0.333. The van der Waals surface area contributed by atoms with Gasteiger partial charge in [0.05, 0.1) is 0 Å². The SMILES string of the molecule is NCCC(F)(F)c1ccc(Cl)cc1. The van der Waals surface area contributed by atoms with Crippen LogP contribution in [0, 0.1) is 0 Å². The van der Waals surface area contributed by atoms with Gasteiger partial charge in [0.25, 0.3) is 5.92 Å². The average Bonchev–Trinajstić information content (AvgIpc) is 2.05. The summed E-state index contributed by atoms with van der Waals surface area (Å²) in [5.74, 6) is -2.85. The lowest BCUT2D eigenvalue weighted by atomic mass is 10.1. The third kappa shape index (κ3) is 2.64. The highest BCUT2D eigenvalue weighted by Crippen LogP contribution is 2.31. The van der Waals surface area contributed by atoms with Gasteiger partial charge in [0, 0.05) is 17.0 Å². The number of alkyl halides is 2. The molecule has 0 aliphatic carbocycles. The number of benzene rings is 1. The fourth-order valence-electron chi connectivity index (χ4n) is 1.02.